The summed E-state index contributed by atoms with van der Waals surface area (Å²) in [4.78, 5) is 0. The minimum absolute atomic E-state index is 0.0164. The van der Waals surface area contributed by atoms with Crippen LogP contribution in [0.2, 0.25) is 0 Å². The first-order valence-electron chi connectivity index (χ1n) is 6.57. The van der Waals surface area contributed by atoms with Gasteiger partial charge in [0, 0.05) is 0 Å². The van der Waals surface area contributed by atoms with E-state index in [4.69, 9.17) is 24.1 Å². The summed E-state index contributed by atoms with van der Waals surface area (Å²) in [5.74, 6) is 0. The Labute approximate surface area is 107 Å². The van der Waals surface area contributed by atoms with Gasteiger partial charge in [0.15, 0.2) is 12.6 Å². The molecular weight excluding hydrogens is 240 g/mol. The van der Waals surface area contributed by atoms with E-state index in [9.17, 15) is 5.11 Å². The number of hydrogen-bond acceptors (Lipinski definition) is 6. The summed E-state index contributed by atoms with van der Waals surface area (Å²) >= 11 is 0. The summed E-state index contributed by atoms with van der Waals surface area (Å²) in [6.45, 7) is 1.21. The van der Waals surface area contributed by atoms with Gasteiger partial charge in [0.05, 0.1) is 26.4 Å². The van der Waals surface area contributed by atoms with Gasteiger partial charge in [0.2, 0.25) is 0 Å². The van der Waals surface area contributed by atoms with E-state index in [1.54, 1.807) is 0 Å². The molecule has 18 heavy (non-hydrogen) atoms. The molecule has 0 saturated carbocycles. The first kappa shape index (κ1) is 14.2. The Morgan fingerprint density at radius 1 is 0.889 bits per heavy atom. The topological polar surface area (TPSA) is 77.4 Å². The molecule has 0 spiro atoms. The Hall–Kier alpha value is -0.240. The van der Waals surface area contributed by atoms with Gasteiger partial charge < -0.3 is 29.2 Å². The average molecular weight is 262 g/mol. The fourth-order valence-electron chi connectivity index (χ4n) is 2.08. The van der Waals surface area contributed by atoms with Crippen molar-refractivity contribution in [3.05, 3.63) is 0 Å². The van der Waals surface area contributed by atoms with Gasteiger partial charge in [0.25, 0.3) is 0 Å². The lowest BCUT2D eigenvalue weighted by molar-refractivity contribution is -0.218. The van der Waals surface area contributed by atoms with Gasteiger partial charge >= 0.3 is 0 Å². The lowest BCUT2D eigenvalue weighted by Gasteiger charge is -2.26. The molecule has 2 heterocycles. The Morgan fingerprint density at radius 2 is 1.50 bits per heavy atom. The smallest absolute Gasteiger partial charge is 0.158 e. The Morgan fingerprint density at radius 3 is 2.11 bits per heavy atom. The minimum atomic E-state index is -0.489. The molecule has 2 rings (SSSR count). The van der Waals surface area contributed by atoms with Gasteiger partial charge in [-0.25, -0.2) is 0 Å². The van der Waals surface area contributed by atoms with Crippen LogP contribution in [0.5, 0.6) is 0 Å². The van der Waals surface area contributed by atoms with E-state index in [-0.39, 0.29) is 25.3 Å². The highest BCUT2D eigenvalue weighted by Gasteiger charge is 2.25. The molecule has 2 aliphatic rings. The fourth-order valence-corrected chi connectivity index (χ4v) is 2.08. The second kappa shape index (κ2) is 7.37. The van der Waals surface area contributed by atoms with Gasteiger partial charge in [-0.05, 0) is 25.7 Å². The van der Waals surface area contributed by atoms with E-state index in [0.717, 1.165) is 25.7 Å². The van der Waals surface area contributed by atoms with Crippen molar-refractivity contribution in [2.75, 3.05) is 26.4 Å². The zero-order valence-corrected chi connectivity index (χ0v) is 10.5. The lowest BCUT2D eigenvalue weighted by Crippen LogP contribution is -2.35. The van der Waals surface area contributed by atoms with Crippen LogP contribution in [0.15, 0.2) is 0 Å². The normalized spacial score (nSPS) is 37.0. The predicted molar refractivity (Wildman–Crippen MR) is 61.9 cm³/mol. The molecule has 0 amide bonds. The number of aliphatic hydroxyl groups is 2. The second-order valence-electron chi connectivity index (χ2n) is 4.74. The second-order valence-corrected chi connectivity index (χ2v) is 4.74. The maximum absolute atomic E-state index is 9.19. The van der Waals surface area contributed by atoms with Crippen molar-refractivity contribution < 1.29 is 29.2 Å². The number of aliphatic hydroxyl groups excluding tert-OH is 2. The molecule has 2 fully saturated rings. The van der Waals surface area contributed by atoms with Crippen LogP contribution < -0.4 is 0 Å². The van der Waals surface area contributed by atoms with Crippen LogP contribution in [0.1, 0.15) is 25.7 Å². The standard InChI is InChI=1S/C12H22O6/c13-5-10-8-17-12(18-10)4-2-1-3-11-15-6-9(14)7-16-11/h9-14H,1-8H2. The van der Waals surface area contributed by atoms with E-state index in [1.807, 2.05) is 0 Å². The molecular formula is C12H22O6. The van der Waals surface area contributed by atoms with Gasteiger partial charge in [0.1, 0.15) is 12.2 Å². The third kappa shape index (κ3) is 4.46. The van der Waals surface area contributed by atoms with Crippen LogP contribution >= 0.6 is 0 Å². The summed E-state index contributed by atoms with van der Waals surface area (Å²) < 4.78 is 21.5. The monoisotopic (exact) mass is 262 g/mol. The maximum atomic E-state index is 9.19. The molecule has 0 radical (unpaired) electrons. The molecule has 0 aromatic carbocycles. The van der Waals surface area contributed by atoms with Crippen LogP contribution in [0, 0.1) is 0 Å². The molecule has 2 atom stereocenters. The van der Waals surface area contributed by atoms with Crippen molar-refractivity contribution in [1.82, 2.24) is 0 Å². The van der Waals surface area contributed by atoms with Gasteiger partial charge in [-0.2, -0.15) is 0 Å². The highest BCUT2D eigenvalue weighted by atomic mass is 16.7. The molecule has 0 bridgehead atoms. The van der Waals surface area contributed by atoms with Crippen molar-refractivity contribution in [1.29, 1.82) is 0 Å². The van der Waals surface area contributed by atoms with E-state index in [1.165, 1.54) is 0 Å². The summed E-state index contributed by atoms with van der Waals surface area (Å²) in [6, 6.07) is 0. The van der Waals surface area contributed by atoms with Crippen molar-refractivity contribution in [2.24, 2.45) is 0 Å². The number of unbranched alkanes of at least 4 members (excludes halogenated alkanes) is 1. The molecule has 2 unspecified atom stereocenters. The molecule has 6 nitrogen and oxygen atoms in total. The zero-order chi connectivity index (χ0) is 12.8. The molecule has 0 aromatic heterocycles. The van der Waals surface area contributed by atoms with Crippen LogP contribution in [0.4, 0.5) is 0 Å². The number of rotatable bonds is 6. The highest BCUT2D eigenvalue weighted by Crippen LogP contribution is 2.19. The van der Waals surface area contributed by atoms with Crippen molar-refractivity contribution >= 4 is 0 Å². The molecule has 0 aliphatic carbocycles. The van der Waals surface area contributed by atoms with Crippen LogP contribution in [0.25, 0.3) is 0 Å². The van der Waals surface area contributed by atoms with Crippen LogP contribution in [-0.2, 0) is 18.9 Å². The summed E-state index contributed by atoms with van der Waals surface area (Å²) in [5.41, 5.74) is 0. The third-order valence-corrected chi connectivity index (χ3v) is 3.09. The third-order valence-electron chi connectivity index (χ3n) is 3.09. The summed E-state index contributed by atoms with van der Waals surface area (Å²) in [7, 11) is 0. The summed E-state index contributed by atoms with van der Waals surface area (Å²) in [6.07, 6.45) is 2.55. The minimum Gasteiger partial charge on any atom is -0.394 e. The molecule has 2 aliphatic heterocycles. The van der Waals surface area contributed by atoms with E-state index in [2.05, 4.69) is 0 Å². The van der Waals surface area contributed by atoms with E-state index >= 15 is 0 Å². The van der Waals surface area contributed by atoms with Gasteiger partial charge in [-0.15, -0.1) is 0 Å². The fraction of sp³-hybridized carbons (Fsp3) is 1.00. The van der Waals surface area contributed by atoms with Crippen LogP contribution in [-0.4, -0.2) is 61.4 Å². The predicted octanol–water partition coefficient (Wildman–Crippen LogP) is 0.0144. The molecule has 0 aromatic rings. The molecule has 106 valence electrons. The average Bonchev–Trinajstić information content (AvgIpc) is 2.85. The first-order valence-corrected chi connectivity index (χ1v) is 6.57. The van der Waals surface area contributed by atoms with Crippen molar-refractivity contribution in [3.63, 3.8) is 0 Å². The molecule has 2 N–H and O–H groups in total. The summed E-state index contributed by atoms with van der Waals surface area (Å²) in [5, 5.41) is 18.1. The first-order chi connectivity index (χ1) is 8.78. The largest absolute Gasteiger partial charge is 0.394 e. The van der Waals surface area contributed by atoms with Gasteiger partial charge in [-0.3, -0.25) is 0 Å². The lowest BCUT2D eigenvalue weighted by atomic mass is 10.2. The van der Waals surface area contributed by atoms with Crippen molar-refractivity contribution in [3.8, 4) is 0 Å². The van der Waals surface area contributed by atoms with E-state index in [0.29, 0.717) is 19.8 Å². The van der Waals surface area contributed by atoms with Gasteiger partial charge in [-0.1, -0.05) is 0 Å². The maximum Gasteiger partial charge on any atom is 0.158 e. The number of ether oxygens (including phenoxy) is 4. The zero-order valence-electron chi connectivity index (χ0n) is 10.5. The highest BCUT2D eigenvalue weighted by molar-refractivity contribution is 4.65. The Balaban J connectivity index is 1.49. The Kier molecular flexibility index (Phi) is 5.81. The van der Waals surface area contributed by atoms with Crippen LogP contribution in [0.3, 0.4) is 0 Å². The molecule has 2 saturated heterocycles. The Bertz CT molecular complexity index is 225. The van der Waals surface area contributed by atoms with E-state index < -0.39 is 6.10 Å². The number of hydrogen-bond donors (Lipinski definition) is 2. The van der Waals surface area contributed by atoms with Crippen molar-refractivity contribution in [2.45, 2.75) is 50.5 Å². The quantitative estimate of drug-likeness (QED) is 0.657. The SMILES string of the molecule is OCC1COC(CCCCC2OCC(O)CO2)O1. The molecule has 6 heteroatoms.